The standard InChI is InChI=1S/C17H16N2OS/c18-17-8-7-16(12-19-17)21-10-9-20-15-6-5-13-3-1-2-4-14(13)11-15/h1-8,11-12H,9-10H2,(H2,18,19). The normalized spacial score (nSPS) is 10.7. The molecule has 0 amide bonds. The summed E-state index contributed by atoms with van der Waals surface area (Å²) in [6.45, 7) is 0.660. The number of fused-ring (bicyclic) bond motifs is 1. The minimum atomic E-state index is 0.548. The van der Waals surface area contributed by atoms with Crippen molar-refractivity contribution < 1.29 is 4.74 Å². The molecule has 2 aromatic carbocycles. The van der Waals surface area contributed by atoms with Crippen LogP contribution < -0.4 is 10.5 Å². The Balaban J connectivity index is 1.53. The summed E-state index contributed by atoms with van der Waals surface area (Å²) in [7, 11) is 0. The van der Waals surface area contributed by atoms with E-state index in [0.29, 0.717) is 12.4 Å². The maximum atomic E-state index is 5.79. The summed E-state index contributed by atoms with van der Waals surface area (Å²) in [6.07, 6.45) is 1.79. The van der Waals surface area contributed by atoms with Crippen LogP contribution in [-0.2, 0) is 0 Å². The SMILES string of the molecule is Nc1ccc(SCCOc2ccc3ccccc3c2)cn1. The number of rotatable bonds is 5. The molecule has 3 nitrogen and oxygen atoms in total. The molecule has 0 aliphatic carbocycles. The molecule has 0 atom stereocenters. The lowest BCUT2D eigenvalue weighted by atomic mass is 10.1. The number of benzene rings is 2. The lowest BCUT2D eigenvalue weighted by Crippen LogP contribution is -2.00. The zero-order chi connectivity index (χ0) is 14.5. The topological polar surface area (TPSA) is 48.1 Å². The lowest BCUT2D eigenvalue weighted by Gasteiger charge is -2.07. The van der Waals surface area contributed by atoms with Gasteiger partial charge in [0.1, 0.15) is 11.6 Å². The van der Waals surface area contributed by atoms with E-state index in [1.54, 1.807) is 18.0 Å². The van der Waals surface area contributed by atoms with Crippen molar-refractivity contribution in [2.75, 3.05) is 18.1 Å². The second kappa shape index (κ2) is 6.50. The molecule has 21 heavy (non-hydrogen) atoms. The van der Waals surface area contributed by atoms with Crippen molar-refractivity contribution in [3.05, 3.63) is 60.8 Å². The Bertz CT molecular complexity index is 728. The Hall–Kier alpha value is -2.20. The predicted molar refractivity (Wildman–Crippen MR) is 88.8 cm³/mol. The van der Waals surface area contributed by atoms with E-state index >= 15 is 0 Å². The monoisotopic (exact) mass is 296 g/mol. The third-order valence-corrected chi connectivity index (χ3v) is 4.05. The molecule has 0 spiro atoms. The van der Waals surface area contributed by atoms with E-state index in [9.17, 15) is 0 Å². The van der Waals surface area contributed by atoms with E-state index in [1.165, 1.54) is 10.8 Å². The Morgan fingerprint density at radius 3 is 2.67 bits per heavy atom. The zero-order valence-corrected chi connectivity index (χ0v) is 12.3. The van der Waals surface area contributed by atoms with Crippen LogP contribution in [0, 0.1) is 0 Å². The van der Waals surface area contributed by atoms with Gasteiger partial charge in [0.25, 0.3) is 0 Å². The molecule has 0 aliphatic rings. The van der Waals surface area contributed by atoms with E-state index < -0.39 is 0 Å². The Morgan fingerprint density at radius 2 is 1.86 bits per heavy atom. The van der Waals surface area contributed by atoms with Crippen LogP contribution in [0.2, 0.25) is 0 Å². The molecule has 0 bridgehead atoms. The van der Waals surface area contributed by atoms with Crippen LogP contribution in [0.4, 0.5) is 5.82 Å². The third kappa shape index (κ3) is 3.67. The summed E-state index contributed by atoms with van der Waals surface area (Å²) in [6, 6.07) is 18.2. The number of pyridine rings is 1. The molecular formula is C17H16N2OS. The van der Waals surface area contributed by atoms with Gasteiger partial charge in [0.2, 0.25) is 0 Å². The summed E-state index contributed by atoms with van der Waals surface area (Å²) in [5.74, 6) is 2.33. The molecule has 0 saturated heterocycles. The minimum absolute atomic E-state index is 0.548. The maximum absolute atomic E-state index is 5.79. The fourth-order valence-electron chi connectivity index (χ4n) is 2.05. The van der Waals surface area contributed by atoms with Crippen LogP contribution >= 0.6 is 11.8 Å². The highest BCUT2D eigenvalue weighted by Gasteiger charge is 1.98. The Labute approximate surface area is 128 Å². The van der Waals surface area contributed by atoms with Gasteiger partial charge in [-0.2, -0.15) is 0 Å². The summed E-state index contributed by atoms with van der Waals surface area (Å²) in [4.78, 5) is 5.17. The average molecular weight is 296 g/mol. The number of ether oxygens (including phenoxy) is 1. The van der Waals surface area contributed by atoms with Crippen molar-refractivity contribution >= 4 is 28.4 Å². The second-order valence-electron chi connectivity index (χ2n) is 4.62. The first-order valence-corrected chi connectivity index (χ1v) is 7.76. The van der Waals surface area contributed by atoms with Gasteiger partial charge >= 0.3 is 0 Å². The van der Waals surface area contributed by atoms with Crippen LogP contribution in [0.5, 0.6) is 5.75 Å². The Kier molecular flexibility index (Phi) is 4.26. The maximum Gasteiger partial charge on any atom is 0.123 e. The molecule has 3 rings (SSSR count). The van der Waals surface area contributed by atoms with Crippen molar-refractivity contribution in [3.8, 4) is 5.75 Å². The highest BCUT2D eigenvalue weighted by atomic mass is 32.2. The van der Waals surface area contributed by atoms with Crippen LogP contribution in [0.15, 0.2) is 65.7 Å². The van der Waals surface area contributed by atoms with Crippen molar-refractivity contribution in [1.82, 2.24) is 4.98 Å². The smallest absolute Gasteiger partial charge is 0.123 e. The molecule has 1 aromatic heterocycles. The van der Waals surface area contributed by atoms with Gasteiger partial charge in [0.15, 0.2) is 0 Å². The molecule has 3 aromatic rings. The van der Waals surface area contributed by atoms with Gasteiger partial charge in [0.05, 0.1) is 6.61 Å². The van der Waals surface area contributed by atoms with Crippen LogP contribution in [0.25, 0.3) is 10.8 Å². The molecule has 2 N–H and O–H groups in total. The van der Waals surface area contributed by atoms with E-state index in [-0.39, 0.29) is 0 Å². The fourth-order valence-corrected chi connectivity index (χ4v) is 2.75. The van der Waals surface area contributed by atoms with Gasteiger partial charge < -0.3 is 10.5 Å². The van der Waals surface area contributed by atoms with Gasteiger partial charge in [-0.05, 0) is 35.0 Å². The largest absolute Gasteiger partial charge is 0.493 e. The molecule has 0 unspecified atom stereocenters. The van der Waals surface area contributed by atoms with E-state index in [0.717, 1.165) is 16.4 Å². The predicted octanol–water partition coefficient (Wildman–Crippen LogP) is 3.99. The number of thioether (sulfide) groups is 1. The fraction of sp³-hybridized carbons (Fsp3) is 0.118. The average Bonchev–Trinajstić information content (AvgIpc) is 2.53. The van der Waals surface area contributed by atoms with Crippen molar-refractivity contribution in [3.63, 3.8) is 0 Å². The van der Waals surface area contributed by atoms with E-state index in [4.69, 9.17) is 10.5 Å². The third-order valence-electron chi connectivity index (χ3n) is 3.10. The van der Waals surface area contributed by atoms with Crippen molar-refractivity contribution in [2.24, 2.45) is 0 Å². The molecular weight excluding hydrogens is 280 g/mol. The molecule has 0 saturated carbocycles. The van der Waals surface area contributed by atoms with Gasteiger partial charge in [-0.3, -0.25) is 0 Å². The summed E-state index contributed by atoms with van der Waals surface area (Å²) in [5, 5.41) is 2.43. The Morgan fingerprint density at radius 1 is 1.00 bits per heavy atom. The number of hydrogen-bond donors (Lipinski definition) is 1. The molecule has 0 aliphatic heterocycles. The molecule has 0 radical (unpaired) electrons. The van der Waals surface area contributed by atoms with Crippen LogP contribution in [0.1, 0.15) is 0 Å². The highest BCUT2D eigenvalue weighted by Crippen LogP contribution is 2.21. The number of nitrogens with two attached hydrogens (primary N) is 1. The van der Waals surface area contributed by atoms with E-state index in [2.05, 4.69) is 29.2 Å². The second-order valence-corrected chi connectivity index (χ2v) is 5.79. The summed E-state index contributed by atoms with van der Waals surface area (Å²) < 4.78 is 5.79. The molecule has 4 heteroatoms. The van der Waals surface area contributed by atoms with Gasteiger partial charge in [-0.15, -0.1) is 11.8 Å². The first-order chi connectivity index (χ1) is 10.3. The highest BCUT2D eigenvalue weighted by molar-refractivity contribution is 7.99. The number of nitrogen functional groups attached to an aromatic ring is 1. The van der Waals surface area contributed by atoms with E-state index in [1.807, 2.05) is 30.3 Å². The van der Waals surface area contributed by atoms with Gasteiger partial charge in [-0.25, -0.2) is 4.98 Å². The summed E-state index contributed by atoms with van der Waals surface area (Å²) >= 11 is 1.71. The molecule has 106 valence electrons. The number of anilines is 1. The minimum Gasteiger partial charge on any atom is -0.493 e. The summed E-state index contributed by atoms with van der Waals surface area (Å²) in [5.41, 5.74) is 5.56. The lowest BCUT2D eigenvalue weighted by molar-refractivity contribution is 0.344. The van der Waals surface area contributed by atoms with Crippen LogP contribution in [-0.4, -0.2) is 17.3 Å². The van der Waals surface area contributed by atoms with Crippen molar-refractivity contribution in [1.29, 1.82) is 0 Å². The first kappa shape index (κ1) is 13.8. The zero-order valence-electron chi connectivity index (χ0n) is 11.5. The van der Waals surface area contributed by atoms with Crippen molar-refractivity contribution in [2.45, 2.75) is 4.90 Å². The number of nitrogens with zero attached hydrogens (tertiary/aromatic N) is 1. The van der Waals surface area contributed by atoms with Gasteiger partial charge in [0, 0.05) is 16.8 Å². The van der Waals surface area contributed by atoms with Crippen LogP contribution in [0.3, 0.4) is 0 Å². The quantitative estimate of drug-likeness (QED) is 0.571. The first-order valence-electron chi connectivity index (χ1n) is 6.77. The molecule has 0 fully saturated rings. The number of hydrogen-bond acceptors (Lipinski definition) is 4. The number of aromatic nitrogens is 1. The molecule has 1 heterocycles. The van der Waals surface area contributed by atoms with Gasteiger partial charge in [-0.1, -0.05) is 30.3 Å².